The van der Waals surface area contributed by atoms with E-state index in [0.29, 0.717) is 0 Å². The summed E-state index contributed by atoms with van der Waals surface area (Å²) >= 11 is 0. The van der Waals surface area contributed by atoms with Crippen molar-refractivity contribution in [3.05, 3.63) is 10.1 Å². The largest absolute Gasteiger partial charge is 0.328 e. The monoisotopic (exact) mass is 374 g/mol. The Morgan fingerprint density at radius 3 is 1.12 bits per heavy atom. The molecule has 0 saturated heterocycles. The second-order valence-electron chi connectivity index (χ2n) is 7.29. The lowest BCUT2D eigenvalue weighted by molar-refractivity contribution is -0.742. The maximum Gasteiger partial charge on any atom is 0.291 e. The Balaban J connectivity index is 0. The van der Waals surface area contributed by atoms with Gasteiger partial charge in [0.1, 0.15) is 0 Å². The van der Waals surface area contributed by atoms with Crippen molar-refractivity contribution in [3.63, 3.8) is 0 Å². The van der Waals surface area contributed by atoms with Gasteiger partial charge in [-0.3, -0.25) is 0 Å². The summed E-state index contributed by atoms with van der Waals surface area (Å²) in [4.78, 5) is 8.36. The van der Waals surface area contributed by atoms with E-state index in [4.69, 9.17) is 15.3 Å². The predicted octanol–water partition coefficient (Wildman–Crippen LogP) is 6.90. The molecule has 0 heterocycles. The number of nitrogens with one attached hydrogen (secondary N) is 1. The van der Waals surface area contributed by atoms with Crippen LogP contribution in [-0.2, 0) is 0 Å². The zero-order valence-corrected chi connectivity index (χ0v) is 17.6. The van der Waals surface area contributed by atoms with Gasteiger partial charge >= 0.3 is 0 Å². The van der Waals surface area contributed by atoms with Crippen LogP contribution < -0.4 is 5.32 Å². The maximum atomic E-state index is 8.36. The van der Waals surface area contributed by atoms with E-state index < -0.39 is 5.09 Å². The summed E-state index contributed by atoms with van der Waals surface area (Å²) in [6.45, 7) is 7.07. The van der Waals surface area contributed by atoms with Gasteiger partial charge in [-0.05, 0) is 25.9 Å². The third-order valence-electron chi connectivity index (χ3n) is 4.66. The fourth-order valence-electron chi connectivity index (χ4n) is 3.07. The number of hydrogen-bond donors (Lipinski definition) is 2. The van der Waals surface area contributed by atoms with E-state index in [1.807, 2.05) is 0 Å². The minimum absolute atomic E-state index is 1.24. The van der Waals surface area contributed by atoms with Crippen LogP contribution in [0.5, 0.6) is 0 Å². The summed E-state index contributed by atoms with van der Waals surface area (Å²) in [5.41, 5.74) is 0. The Hall–Kier alpha value is -0.840. The van der Waals surface area contributed by atoms with Crippen molar-refractivity contribution in [1.29, 1.82) is 0 Å². The molecule has 0 aromatic rings. The van der Waals surface area contributed by atoms with E-state index in [1.54, 1.807) is 0 Å². The van der Waals surface area contributed by atoms with Gasteiger partial charge in [-0.2, -0.15) is 0 Å². The molecule has 5 heteroatoms. The molecule has 0 saturated carbocycles. The van der Waals surface area contributed by atoms with Gasteiger partial charge in [0.25, 0.3) is 5.09 Å². The van der Waals surface area contributed by atoms with Crippen LogP contribution in [0.1, 0.15) is 123 Å². The first-order valence-corrected chi connectivity index (χ1v) is 11.2. The molecule has 0 radical (unpaired) electrons. The van der Waals surface area contributed by atoms with Crippen molar-refractivity contribution in [2.75, 3.05) is 13.1 Å². The van der Waals surface area contributed by atoms with Gasteiger partial charge in [-0.1, -0.05) is 110 Å². The molecule has 0 aliphatic heterocycles. The molecule has 0 bridgehead atoms. The van der Waals surface area contributed by atoms with Gasteiger partial charge in [0.15, 0.2) is 0 Å². The van der Waals surface area contributed by atoms with Crippen molar-refractivity contribution in [2.24, 2.45) is 0 Å². The van der Waals surface area contributed by atoms with E-state index in [0.717, 1.165) is 0 Å². The van der Waals surface area contributed by atoms with Crippen LogP contribution in [0.25, 0.3) is 0 Å². The highest BCUT2D eigenvalue weighted by atomic mass is 16.9. The average molecular weight is 375 g/mol. The van der Waals surface area contributed by atoms with Crippen molar-refractivity contribution < 1.29 is 10.3 Å². The summed E-state index contributed by atoms with van der Waals surface area (Å²) in [6, 6.07) is 0. The van der Waals surface area contributed by atoms with Crippen LogP contribution in [0.3, 0.4) is 0 Å². The highest BCUT2D eigenvalue weighted by molar-refractivity contribution is 4.52. The summed E-state index contributed by atoms with van der Waals surface area (Å²) < 4.78 is 0. The number of rotatable bonds is 19. The van der Waals surface area contributed by atoms with Crippen LogP contribution in [0.15, 0.2) is 0 Å². The van der Waals surface area contributed by atoms with Crippen LogP contribution >= 0.6 is 0 Å². The van der Waals surface area contributed by atoms with E-state index in [-0.39, 0.29) is 0 Å². The molecule has 0 unspecified atom stereocenters. The lowest BCUT2D eigenvalue weighted by Crippen LogP contribution is -2.16. The summed E-state index contributed by atoms with van der Waals surface area (Å²) in [5.74, 6) is 0. The fraction of sp³-hybridized carbons (Fsp3) is 1.00. The lowest BCUT2D eigenvalue weighted by atomic mass is 10.1. The summed E-state index contributed by atoms with van der Waals surface area (Å²) in [5, 5.41) is 17.3. The van der Waals surface area contributed by atoms with Crippen LogP contribution in [0.4, 0.5) is 0 Å². The highest BCUT2D eigenvalue weighted by Crippen LogP contribution is 2.09. The summed E-state index contributed by atoms with van der Waals surface area (Å²) in [6.07, 6.45) is 24.3. The Morgan fingerprint density at radius 1 is 0.615 bits per heavy atom. The van der Waals surface area contributed by atoms with E-state index >= 15 is 0 Å². The van der Waals surface area contributed by atoms with Crippen LogP contribution in [0.2, 0.25) is 0 Å². The summed E-state index contributed by atoms with van der Waals surface area (Å²) in [7, 11) is 0. The van der Waals surface area contributed by atoms with E-state index in [2.05, 4.69) is 19.2 Å². The van der Waals surface area contributed by atoms with Gasteiger partial charge in [0, 0.05) is 0 Å². The number of nitrogens with zero attached hydrogens (tertiary/aromatic N) is 1. The molecule has 0 spiro atoms. The van der Waals surface area contributed by atoms with Crippen molar-refractivity contribution in [1.82, 2.24) is 5.32 Å². The van der Waals surface area contributed by atoms with E-state index in [1.165, 1.54) is 122 Å². The smallest absolute Gasteiger partial charge is 0.291 e. The van der Waals surface area contributed by atoms with Crippen LogP contribution in [0, 0.1) is 10.1 Å². The Kier molecular flexibility index (Phi) is 27.8. The van der Waals surface area contributed by atoms with Crippen molar-refractivity contribution in [2.45, 2.75) is 123 Å². The molecule has 0 aliphatic rings. The van der Waals surface area contributed by atoms with Gasteiger partial charge < -0.3 is 10.5 Å². The van der Waals surface area contributed by atoms with Gasteiger partial charge in [-0.15, -0.1) is 10.1 Å². The molecule has 0 rings (SSSR count). The van der Waals surface area contributed by atoms with Crippen molar-refractivity contribution >= 4 is 0 Å². The zero-order valence-electron chi connectivity index (χ0n) is 17.6. The standard InChI is InChI=1S/C21H45N.HNO3/c1-3-5-7-9-11-13-15-17-19-21-22-20-18-16-14-12-10-8-6-4-2;2-1(3)4/h22H,3-21H2,1-2H3;(H,2,3,4). The molecule has 0 fully saturated rings. The maximum absolute atomic E-state index is 8.36. The molecule has 0 aromatic carbocycles. The molecule has 0 aliphatic carbocycles. The second-order valence-corrected chi connectivity index (χ2v) is 7.29. The lowest BCUT2D eigenvalue weighted by Gasteiger charge is -2.05. The molecular formula is C21H46N2O3. The molecule has 5 nitrogen and oxygen atoms in total. The number of unbranched alkanes of at least 4 members (excludes halogenated alkanes) is 15. The van der Waals surface area contributed by atoms with Gasteiger partial charge in [0.05, 0.1) is 0 Å². The third kappa shape index (κ3) is 34.5. The first-order chi connectivity index (χ1) is 12.6. The fourth-order valence-corrected chi connectivity index (χ4v) is 3.07. The van der Waals surface area contributed by atoms with Crippen molar-refractivity contribution in [3.8, 4) is 0 Å². The van der Waals surface area contributed by atoms with E-state index in [9.17, 15) is 0 Å². The molecule has 2 N–H and O–H groups in total. The quantitative estimate of drug-likeness (QED) is 0.146. The Morgan fingerprint density at radius 2 is 0.846 bits per heavy atom. The second kappa shape index (κ2) is 26.4. The first-order valence-electron chi connectivity index (χ1n) is 11.2. The molecule has 26 heavy (non-hydrogen) atoms. The topological polar surface area (TPSA) is 75.4 Å². The van der Waals surface area contributed by atoms with Gasteiger partial charge in [0.2, 0.25) is 0 Å². The van der Waals surface area contributed by atoms with Crippen LogP contribution in [-0.4, -0.2) is 23.4 Å². The normalized spacial score (nSPS) is 10.4. The van der Waals surface area contributed by atoms with Gasteiger partial charge in [-0.25, -0.2) is 0 Å². The molecule has 0 amide bonds. The zero-order chi connectivity index (χ0) is 19.7. The predicted molar refractivity (Wildman–Crippen MR) is 111 cm³/mol. The minimum atomic E-state index is -1.50. The first kappa shape index (κ1) is 27.4. The molecule has 0 atom stereocenters. The molecule has 158 valence electrons. The third-order valence-corrected chi connectivity index (χ3v) is 4.66. The highest BCUT2D eigenvalue weighted by Gasteiger charge is 1.94. The SMILES string of the molecule is CCCCCCCCCCCNCCCCCCCCCC.O=[N+]([O-])O. The Bertz CT molecular complexity index is 240. The minimum Gasteiger partial charge on any atom is -0.328 e. The molecule has 0 aromatic heterocycles. The molecular weight excluding hydrogens is 328 g/mol. The average Bonchev–Trinajstić information content (AvgIpc) is 2.60. The Labute approximate surface area is 162 Å². The number of hydrogen-bond acceptors (Lipinski definition) is 3.